The standard InChI is InChI=1S/C10H22N2O3S/c1-9(2,6-11)8(13)12-7-10(3,4)16(5,14)15/h6-7,11H2,1-5H3,(H,12,13). The van der Waals surface area contributed by atoms with Crippen molar-refractivity contribution in [2.75, 3.05) is 19.3 Å². The minimum Gasteiger partial charge on any atom is -0.354 e. The van der Waals surface area contributed by atoms with Gasteiger partial charge >= 0.3 is 0 Å². The van der Waals surface area contributed by atoms with Crippen molar-refractivity contribution < 1.29 is 13.2 Å². The van der Waals surface area contributed by atoms with Crippen molar-refractivity contribution >= 4 is 15.7 Å². The molecule has 0 unspecified atom stereocenters. The van der Waals surface area contributed by atoms with E-state index < -0.39 is 20.0 Å². The molecule has 0 saturated heterocycles. The summed E-state index contributed by atoms with van der Waals surface area (Å²) in [5, 5.41) is 2.62. The molecular weight excluding hydrogens is 228 g/mol. The number of hydrogen-bond donors (Lipinski definition) is 2. The molecule has 3 N–H and O–H groups in total. The molecule has 0 aliphatic carbocycles. The Morgan fingerprint density at radius 1 is 1.25 bits per heavy atom. The van der Waals surface area contributed by atoms with Gasteiger partial charge in [0.25, 0.3) is 0 Å². The van der Waals surface area contributed by atoms with Gasteiger partial charge in [0.05, 0.1) is 10.2 Å². The monoisotopic (exact) mass is 250 g/mol. The van der Waals surface area contributed by atoms with Crippen molar-refractivity contribution in [2.45, 2.75) is 32.4 Å². The van der Waals surface area contributed by atoms with E-state index in [2.05, 4.69) is 5.32 Å². The first-order chi connectivity index (χ1) is 6.94. The molecule has 0 aliphatic heterocycles. The number of hydrogen-bond acceptors (Lipinski definition) is 4. The van der Waals surface area contributed by atoms with Crippen LogP contribution in [0.4, 0.5) is 0 Å². The maximum atomic E-state index is 11.7. The van der Waals surface area contributed by atoms with Gasteiger partial charge in [-0.15, -0.1) is 0 Å². The molecule has 0 fully saturated rings. The van der Waals surface area contributed by atoms with Crippen molar-refractivity contribution in [1.82, 2.24) is 5.32 Å². The molecule has 0 heterocycles. The molecular formula is C10H22N2O3S. The maximum Gasteiger partial charge on any atom is 0.226 e. The lowest BCUT2D eigenvalue weighted by atomic mass is 9.92. The summed E-state index contributed by atoms with van der Waals surface area (Å²) < 4.78 is 21.9. The highest BCUT2D eigenvalue weighted by Crippen LogP contribution is 2.16. The fourth-order valence-corrected chi connectivity index (χ4v) is 1.09. The molecule has 96 valence electrons. The number of carbonyl (C=O) groups is 1. The van der Waals surface area contributed by atoms with Crippen LogP contribution in [0.3, 0.4) is 0 Å². The fourth-order valence-electron chi connectivity index (χ4n) is 0.756. The van der Waals surface area contributed by atoms with Crippen LogP contribution in [0, 0.1) is 5.41 Å². The average Bonchev–Trinajstić information content (AvgIpc) is 2.12. The second-order valence-corrected chi connectivity index (χ2v) is 7.95. The van der Waals surface area contributed by atoms with E-state index in [0.717, 1.165) is 6.26 Å². The van der Waals surface area contributed by atoms with Gasteiger partial charge in [-0.05, 0) is 27.7 Å². The quantitative estimate of drug-likeness (QED) is 0.713. The number of amides is 1. The van der Waals surface area contributed by atoms with Gasteiger partial charge in [-0.2, -0.15) is 0 Å². The molecule has 0 aromatic carbocycles. The summed E-state index contributed by atoms with van der Waals surface area (Å²) in [5.41, 5.74) is 4.78. The molecule has 1 amide bonds. The molecule has 6 heteroatoms. The zero-order valence-corrected chi connectivity index (χ0v) is 11.4. The molecule has 0 bridgehead atoms. The Morgan fingerprint density at radius 3 is 2.00 bits per heavy atom. The first-order valence-electron chi connectivity index (χ1n) is 5.12. The van der Waals surface area contributed by atoms with Gasteiger partial charge in [-0.3, -0.25) is 4.79 Å². The molecule has 5 nitrogen and oxygen atoms in total. The van der Waals surface area contributed by atoms with Crippen LogP contribution in [-0.2, 0) is 14.6 Å². The molecule has 0 aromatic rings. The molecule has 0 radical (unpaired) electrons. The van der Waals surface area contributed by atoms with Crippen molar-refractivity contribution in [2.24, 2.45) is 11.1 Å². The van der Waals surface area contributed by atoms with Crippen LogP contribution in [0.5, 0.6) is 0 Å². The molecule has 0 saturated carbocycles. The van der Waals surface area contributed by atoms with Gasteiger partial charge in [0.2, 0.25) is 5.91 Å². The van der Waals surface area contributed by atoms with E-state index >= 15 is 0 Å². The minimum atomic E-state index is -3.20. The topological polar surface area (TPSA) is 89.3 Å². The van der Waals surface area contributed by atoms with Crippen LogP contribution in [0.15, 0.2) is 0 Å². The summed E-state index contributed by atoms with van der Waals surface area (Å²) in [5.74, 6) is -0.230. The third-order valence-corrected chi connectivity index (χ3v) is 4.96. The van der Waals surface area contributed by atoms with Crippen LogP contribution >= 0.6 is 0 Å². The van der Waals surface area contributed by atoms with E-state index in [1.165, 1.54) is 0 Å². The second kappa shape index (κ2) is 4.71. The van der Waals surface area contributed by atoms with Crippen LogP contribution < -0.4 is 11.1 Å². The second-order valence-electron chi connectivity index (χ2n) is 5.30. The Hall–Kier alpha value is -0.620. The van der Waals surface area contributed by atoms with Crippen LogP contribution in [-0.4, -0.2) is 38.4 Å². The predicted octanol–water partition coefficient (Wildman–Crippen LogP) is -0.0893. The lowest BCUT2D eigenvalue weighted by molar-refractivity contribution is -0.128. The SMILES string of the molecule is CC(C)(CN)C(=O)NCC(C)(C)S(C)(=O)=O. The number of nitrogens with two attached hydrogens (primary N) is 1. The number of rotatable bonds is 5. The van der Waals surface area contributed by atoms with Crippen molar-refractivity contribution in [3.63, 3.8) is 0 Å². The van der Waals surface area contributed by atoms with E-state index in [0.29, 0.717) is 0 Å². The van der Waals surface area contributed by atoms with E-state index in [-0.39, 0.29) is 19.0 Å². The third-order valence-electron chi connectivity index (χ3n) is 2.80. The van der Waals surface area contributed by atoms with Crippen LogP contribution in [0.25, 0.3) is 0 Å². The summed E-state index contributed by atoms with van der Waals surface area (Å²) in [6.45, 7) is 6.91. The highest BCUT2D eigenvalue weighted by Gasteiger charge is 2.33. The number of sulfone groups is 1. The van der Waals surface area contributed by atoms with Gasteiger partial charge in [0.15, 0.2) is 9.84 Å². The third kappa shape index (κ3) is 3.75. The molecule has 16 heavy (non-hydrogen) atoms. The Kier molecular flexibility index (Phi) is 4.53. The maximum absolute atomic E-state index is 11.7. The lowest BCUT2D eigenvalue weighted by Gasteiger charge is -2.27. The Balaban J connectivity index is 4.55. The zero-order valence-electron chi connectivity index (χ0n) is 10.6. The summed E-state index contributed by atoms with van der Waals surface area (Å²) >= 11 is 0. The number of nitrogens with one attached hydrogen (secondary N) is 1. The largest absolute Gasteiger partial charge is 0.354 e. The molecule has 0 atom stereocenters. The van der Waals surface area contributed by atoms with Crippen molar-refractivity contribution in [3.8, 4) is 0 Å². The first kappa shape index (κ1) is 15.4. The zero-order chi connectivity index (χ0) is 13.2. The van der Waals surface area contributed by atoms with E-state index in [9.17, 15) is 13.2 Å². The lowest BCUT2D eigenvalue weighted by Crippen LogP contribution is -2.49. The van der Waals surface area contributed by atoms with E-state index in [1.54, 1.807) is 27.7 Å². The molecule has 0 rings (SSSR count). The number of carbonyl (C=O) groups excluding carboxylic acids is 1. The Morgan fingerprint density at radius 2 is 1.69 bits per heavy atom. The van der Waals surface area contributed by atoms with Crippen LogP contribution in [0.1, 0.15) is 27.7 Å². The predicted molar refractivity (Wildman–Crippen MR) is 64.8 cm³/mol. The molecule has 0 aliphatic rings. The Labute approximate surface area is 97.7 Å². The van der Waals surface area contributed by atoms with Gasteiger partial charge in [-0.25, -0.2) is 8.42 Å². The molecule has 0 spiro atoms. The average molecular weight is 250 g/mol. The fraction of sp³-hybridized carbons (Fsp3) is 0.900. The van der Waals surface area contributed by atoms with Crippen LogP contribution in [0.2, 0.25) is 0 Å². The van der Waals surface area contributed by atoms with Gasteiger partial charge in [0.1, 0.15) is 0 Å². The minimum absolute atomic E-state index is 0.0914. The van der Waals surface area contributed by atoms with E-state index in [1.807, 2.05) is 0 Å². The normalized spacial score (nSPS) is 13.6. The van der Waals surface area contributed by atoms with Gasteiger partial charge in [-0.1, -0.05) is 0 Å². The van der Waals surface area contributed by atoms with Crippen molar-refractivity contribution in [3.05, 3.63) is 0 Å². The summed E-state index contributed by atoms with van der Waals surface area (Å²) in [4.78, 5) is 11.7. The summed E-state index contributed by atoms with van der Waals surface area (Å²) in [6.07, 6.45) is 1.16. The highest BCUT2D eigenvalue weighted by molar-refractivity contribution is 7.92. The summed E-state index contributed by atoms with van der Waals surface area (Å²) in [6, 6.07) is 0. The molecule has 0 aromatic heterocycles. The summed E-state index contributed by atoms with van der Waals surface area (Å²) in [7, 11) is -3.20. The smallest absolute Gasteiger partial charge is 0.226 e. The van der Waals surface area contributed by atoms with E-state index in [4.69, 9.17) is 5.73 Å². The Bertz CT molecular complexity index is 358. The first-order valence-corrected chi connectivity index (χ1v) is 7.01. The highest BCUT2D eigenvalue weighted by atomic mass is 32.2. The van der Waals surface area contributed by atoms with Crippen molar-refractivity contribution in [1.29, 1.82) is 0 Å². The van der Waals surface area contributed by atoms with Gasteiger partial charge < -0.3 is 11.1 Å². The van der Waals surface area contributed by atoms with Gasteiger partial charge in [0, 0.05) is 19.3 Å².